The number of aromatic nitrogens is 2. The minimum atomic E-state index is -1.20. The number of para-hydroxylation sites is 1. The quantitative estimate of drug-likeness (QED) is 0.351. The van der Waals surface area contributed by atoms with Crippen LogP contribution >= 0.6 is 11.8 Å². The van der Waals surface area contributed by atoms with Gasteiger partial charge in [-0.25, -0.2) is 13.8 Å². The van der Waals surface area contributed by atoms with Crippen LogP contribution in [0.2, 0.25) is 0 Å². The largest absolute Gasteiger partial charge is 0.382 e. The van der Waals surface area contributed by atoms with Crippen molar-refractivity contribution < 1.29 is 18.4 Å². The SMILES string of the molecule is Nc1nc(SCC(=O)N2CCN(c3ccccc3)CC2)[nH]c(=O)c1NC(=O)c1ccc(F)c(F)c1. The monoisotopic (exact) mass is 500 g/mol. The van der Waals surface area contributed by atoms with Gasteiger partial charge in [0, 0.05) is 37.4 Å². The highest BCUT2D eigenvalue weighted by atomic mass is 32.2. The number of piperazine rings is 1. The van der Waals surface area contributed by atoms with E-state index >= 15 is 0 Å². The van der Waals surface area contributed by atoms with Gasteiger partial charge in [0.25, 0.3) is 11.5 Å². The van der Waals surface area contributed by atoms with Crippen LogP contribution < -0.4 is 21.5 Å². The third kappa shape index (κ3) is 5.77. The normalized spacial score (nSPS) is 13.5. The number of amides is 2. The fourth-order valence-electron chi connectivity index (χ4n) is 3.56. The number of rotatable bonds is 6. The lowest BCUT2D eigenvalue weighted by Crippen LogP contribution is -2.49. The molecule has 4 N–H and O–H groups in total. The summed E-state index contributed by atoms with van der Waals surface area (Å²) in [5, 5.41) is 2.37. The molecule has 2 amide bonds. The molecule has 9 nitrogen and oxygen atoms in total. The number of hydrogen-bond acceptors (Lipinski definition) is 7. The third-order valence-electron chi connectivity index (χ3n) is 5.43. The molecular weight excluding hydrogens is 478 g/mol. The second-order valence-corrected chi connectivity index (χ2v) is 8.67. The van der Waals surface area contributed by atoms with Gasteiger partial charge in [-0.05, 0) is 30.3 Å². The fraction of sp³-hybridized carbons (Fsp3) is 0.217. The Hall–Kier alpha value is -3.93. The molecule has 1 aliphatic heterocycles. The molecule has 0 aliphatic carbocycles. The average Bonchev–Trinajstić information content (AvgIpc) is 2.87. The van der Waals surface area contributed by atoms with Gasteiger partial charge in [-0.15, -0.1) is 0 Å². The molecule has 1 fully saturated rings. The van der Waals surface area contributed by atoms with Crippen LogP contribution in [-0.4, -0.2) is 58.6 Å². The van der Waals surface area contributed by atoms with Crippen molar-refractivity contribution in [2.45, 2.75) is 5.16 Å². The van der Waals surface area contributed by atoms with Crippen molar-refractivity contribution in [3.63, 3.8) is 0 Å². The zero-order chi connectivity index (χ0) is 24.9. The van der Waals surface area contributed by atoms with Crippen molar-refractivity contribution in [3.8, 4) is 0 Å². The highest BCUT2D eigenvalue weighted by molar-refractivity contribution is 7.99. The van der Waals surface area contributed by atoms with E-state index in [-0.39, 0.29) is 33.9 Å². The molecule has 1 aromatic heterocycles. The Morgan fingerprint density at radius 3 is 2.43 bits per heavy atom. The minimum Gasteiger partial charge on any atom is -0.382 e. The lowest BCUT2D eigenvalue weighted by Gasteiger charge is -2.36. The summed E-state index contributed by atoms with van der Waals surface area (Å²) < 4.78 is 26.4. The predicted molar refractivity (Wildman–Crippen MR) is 130 cm³/mol. The molecule has 1 saturated heterocycles. The Bertz CT molecular complexity index is 1300. The maximum atomic E-state index is 13.4. The second-order valence-electron chi connectivity index (χ2n) is 7.71. The summed E-state index contributed by atoms with van der Waals surface area (Å²) in [5.74, 6) is -3.47. The molecule has 0 bridgehead atoms. The number of nitrogens with zero attached hydrogens (tertiary/aromatic N) is 3. The van der Waals surface area contributed by atoms with Crippen molar-refractivity contribution in [2.75, 3.05) is 47.9 Å². The number of aromatic amines is 1. The van der Waals surface area contributed by atoms with Crippen LogP contribution in [0.15, 0.2) is 58.5 Å². The van der Waals surface area contributed by atoms with E-state index in [0.29, 0.717) is 19.2 Å². The summed E-state index contributed by atoms with van der Waals surface area (Å²) in [5.41, 5.74) is 5.68. The van der Waals surface area contributed by atoms with E-state index in [9.17, 15) is 23.2 Å². The Kier molecular flexibility index (Phi) is 7.30. The maximum absolute atomic E-state index is 13.4. The zero-order valence-corrected chi connectivity index (χ0v) is 19.3. The predicted octanol–water partition coefficient (Wildman–Crippen LogP) is 2.32. The van der Waals surface area contributed by atoms with Crippen molar-refractivity contribution in [3.05, 3.63) is 76.1 Å². The van der Waals surface area contributed by atoms with Crippen LogP contribution in [0, 0.1) is 11.6 Å². The van der Waals surface area contributed by atoms with Crippen LogP contribution in [-0.2, 0) is 4.79 Å². The number of nitrogens with one attached hydrogen (secondary N) is 2. The molecule has 12 heteroatoms. The average molecular weight is 501 g/mol. The molecule has 0 saturated carbocycles. The number of carbonyl (C=O) groups is 2. The van der Waals surface area contributed by atoms with E-state index in [1.807, 2.05) is 30.3 Å². The highest BCUT2D eigenvalue weighted by Gasteiger charge is 2.22. The van der Waals surface area contributed by atoms with Crippen LogP contribution in [0.4, 0.5) is 26.0 Å². The number of nitrogen functional groups attached to an aromatic ring is 1. The third-order valence-corrected chi connectivity index (χ3v) is 6.29. The van der Waals surface area contributed by atoms with Gasteiger partial charge in [-0.2, -0.15) is 0 Å². The molecule has 0 unspecified atom stereocenters. The first kappa shape index (κ1) is 24.2. The molecule has 0 radical (unpaired) electrons. The number of thioether (sulfide) groups is 1. The van der Waals surface area contributed by atoms with Gasteiger partial charge in [-0.3, -0.25) is 19.4 Å². The molecule has 2 aromatic carbocycles. The molecule has 0 atom stereocenters. The van der Waals surface area contributed by atoms with Gasteiger partial charge in [0.2, 0.25) is 5.91 Å². The number of nitrogens with two attached hydrogens (primary N) is 1. The van der Waals surface area contributed by atoms with E-state index in [4.69, 9.17) is 5.73 Å². The topological polar surface area (TPSA) is 124 Å². The lowest BCUT2D eigenvalue weighted by atomic mass is 10.2. The van der Waals surface area contributed by atoms with Gasteiger partial charge in [-0.1, -0.05) is 30.0 Å². The summed E-state index contributed by atoms with van der Waals surface area (Å²) in [6, 6.07) is 12.5. The number of halogens is 2. The summed E-state index contributed by atoms with van der Waals surface area (Å²) >= 11 is 1.02. The summed E-state index contributed by atoms with van der Waals surface area (Å²) in [6.07, 6.45) is 0. The standard InChI is InChI=1S/C23H22F2N6O3S/c24-16-7-6-14(12-17(16)25)21(33)27-19-20(26)28-23(29-22(19)34)35-13-18(32)31-10-8-30(9-11-31)15-4-2-1-3-5-15/h1-7,12H,8-11,13H2,(H,27,33)(H3,26,28,29,34). The van der Waals surface area contributed by atoms with E-state index in [2.05, 4.69) is 20.2 Å². The summed E-state index contributed by atoms with van der Waals surface area (Å²) in [7, 11) is 0. The number of benzene rings is 2. The van der Waals surface area contributed by atoms with Gasteiger partial charge in [0.1, 0.15) is 5.69 Å². The Morgan fingerprint density at radius 2 is 1.77 bits per heavy atom. The molecule has 3 aromatic rings. The molecule has 35 heavy (non-hydrogen) atoms. The molecule has 2 heterocycles. The van der Waals surface area contributed by atoms with Crippen LogP contribution in [0.3, 0.4) is 0 Å². The van der Waals surface area contributed by atoms with E-state index < -0.39 is 23.1 Å². The zero-order valence-electron chi connectivity index (χ0n) is 18.5. The fourth-order valence-corrected chi connectivity index (χ4v) is 4.33. The Balaban J connectivity index is 1.33. The summed E-state index contributed by atoms with van der Waals surface area (Å²) in [4.78, 5) is 47.8. The molecule has 4 rings (SSSR count). The number of carbonyl (C=O) groups excluding carboxylic acids is 2. The first-order chi connectivity index (χ1) is 16.8. The second kappa shape index (κ2) is 10.6. The van der Waals surface area contributed by atoms with Crippen LogP contribution in [0.5, 0.6) is 0 Å². The van der Waals surface area contributed by atoms with E-state index in [1.54, 1.807) is 4.90 Å². The number of hydrogen-bond donors (Lipinski definition) is 3. The minimum absolute atomic E-state index is 0.0499. The van der Waals surface area contributed by atoms with Crippen molar-refractivity contribution in [1.29, 1.82) is 0 Å². The molecular formula is C23H22F2N6O3S. The first-order valence-corrected chi connectivity index (χ1v) is 11.7. The van der Waals surface area contributed by atoms with Gasteiger partial charge in [0.15, 0.2) is 22.6 Å². The Labute approximate surface area is 203 Å². The van der Waals surface area contributed by atoms with Crippen molar-refractivity contribution >= 4 is 40.8 Å². The molecule has 1 aliphatic rings. The van der Waals surface area contributed by atoms with Crippen LogP contribution in [0.1, 0.15) is 10.4 Å². The number of anilines is 3. The van der Waals surface area contributed by atoms with Crippen LogP contribution in [0.25, 0.3) is 0 Å². The maximum Gasteiger partial charge on any atom is 0.277 e. The van der Waals surface area contributed by atoms with Gasteiger partial charge < -0.3 is 20.9 Å². The smallest absolute Gasteiger partial charge is 0.277 e. The van der Waals surface area contributed by atoms with E-state index in [1.165, 1.54) is 0 Å². The molecule has 0 spiro atoms. The first-order valence-electron chi connectivity index (χ1n) is 10.7. The Morgan fingerprint density at radius 1 is 1.06 bits per heavy atom. The van der Waals surface area contributed by atoms with Gasteiger partial charge in [0.05, 0.1) is 5.75 Å². The molecule has 182 valence electrons. The van der Waals surface area contributed by atoms with Crippen molar-refractivity contribution in [1.82, 2.24) is 14.9 Å². The number of H-pyrrole nitrogens is 1. The van der Waals surface area contributed by atoms with Crippen molar-refractivity contribution in [2.24, 2.45) is 0 Å². The highest BCUT2D eigenvalue weighted by Crippen LogP contribution is 2.20. The summed E-state index contributed by atoms with van der Waals surface area (Å²) in [6.45, 7) is 2.59. The lowest BCUT2D eigenvalue weighted by molar-refractivity contribution is -0.128. The van der Waals surface area contributed by atoms with E-state index in [0.717, 1.165) is 42.7 Å². The van der Waals surface area contributed by atoms with Gasteiger partial charge >= 0.3 is 0 Å².